The summed E-state index contributed by atoms with van der Waals surface area (Å²) in [6, 6.07) is 1.76. The number of aromatic nitrogens is 2. The van der Waals surface area contributed by atoms with Gasteiger partial charge in [-0.1, -0.05) is 0 Å². The van der Waals surface area contributed by atoms with Gasteiger partial charge in [-0.2, -0.15) is 5.10 Å². The summed E-state index contributed by atoms with van der Waals surface area (Å²) >= 11 is 0. The summed E-state index contributed by atoms with van der Waals surface area (Å²) in [6.07, 6.45) is 3.22. The van der Waals surface area contributed by atoms with Crippen molar-refractivity contribution in [2.24, 2.45) is 0 Å². The number of anilines is 1. The van der Waals surface area contributed by atoms with Crippen molar-refractivity contribution in [3.05, 3.63) is 11.8 Å². The monoisotopic (exact) mass is 237 g/mol. The summed E-state index contributed by atoms with van der Waals surface area (Å²) in [4.78, 5) is 10.9. The van der Waals surface area contributed by atoms with Gasteiger partial charge in [0.15, 0.2) is 5.69 Å². The van der Waals surface area contributed by atoms with Crippen LogP contribution in [0.4, 0.5) is 5.82 Å². The maximum atomic E-state index is 10.9. The van der Waals surface area contributed by atoms with Crippen LogP contribution in [0.3, 0.4) is 0 Å². The molecule has 0 amide bonds. The third kappa shape index (κ3) is 1.78. The minimum atomic E-state index is -0.986. The van der Waals surface area contributed by atoms with Gasteiger partial charge in [-0.25, -0.2) is 9.48 Å². The highest BCUT2D eigenvalue weighted by atomic mass is 16.5. The molecule has 2 aliphatic heterocycles. The summed E-state index contributed by atoms with van der Waals surface area (Å²) in [5.41, 5.74) is 0.0948. The highest BCUT2D eigenvalue weighted by molar-refractivity contribution is 5.86. The van der Waals surface area contributed by atoms with Gasteiger partial charge >= 0.3 is 5.97 Å². The Labute approximate surface area is 98.6 Å². The molecule has 1 aromatic rings. The molecule has 0 aromatic carbocycles. The van der Waals surface area contributed by atoms with E-state index in [1.807, 2.05) is 0 Å². The van der Waals surface area contributed by atoms with Crippen molar-refractivity contribution in [3.63, 3.8) is 0 Å². The molecule has 3 heterocycles. The average Bonchev–Trinajstić information content (AvgIpc) is 2.97. The lowest BCUT2D eigenvalue weighted by molar-refractivity contribution is 0.0578. The molecule has 2 unspecified atom stereocenters. The first-order valence-corrected chi connectivity index (χ1v) is 5.94. The third-order valence-corrected chi connectivity index (χ3v) is 3.41. The molecule has 2 atom stereocenters. The van der Waals surface area contributed by atoms with Gasteiger partial charge in [0, 0.05) is 19.2 Å². The van der Waals surface area contributed by atoms with E-state index in [4.69, 9.17) is 9.84 Å². The van der Waals surface area contributed by atoms with Crippen LogP contribution in [0.2, 0.25) is 0 Å². The molecule has 92 valence electrons. The molecular weight excluding hydrogens is 222 g/mol. The lowest BCUT2D eigenvalue weighted by atomic mass is 10.0. The van der Waals surface area contributed by atoms with E-state index in [-0.39, 0.29) is 17.8 Å². The number of carbonyl (C=O) groups is 1. The van der Waals surface area contributed by atoms with Gasteiger partial charge in [-0.15, -0.1) is 0 Å². The van der Waals surface area contributed by atoms with Crippen LogP contribution in [0, 0.1) is 0 Å². The first-order chi connectivity index (χ1) is 8.25. The maximum absolute atomic E-state index is 10.9. The van der Waals surface area contributed by atoms with Gasteiger partial charge in [0.05, 0.1) is 12.1 Å². The number of nitrogens with zero attached hydrogens (tertiary/aromatic N) is 2. The second kappa shape index (κ2) is 4.03. The normalized spacial score (nSPS) is 27.5. The predicted octanol–water partition coefficient (Wildman–Crippen LogP) is 1.12. The first kappa shape index (κ1) is 10.6. The number of fused-ring (bicyclic) bond motifs is 1. The summed E-state index contributed by atoms with van der Waals surface area (Å²) in [5, 5.41) is 16.3. The summed E-state index contributed by atoms with van der Waals surface area (Å²) in [7, 11) is 0. The van der Waals surface area contributed by atoms with E-state index in [0.717, 1.165) is 38.2 Å². The molecule has 0 spiro atoms. The Morgan fingerprint density at radius 1 is 1.59 bits per heavy atom. The molecule has 0 bridgehead atoms. The van der Waals surface area contributed by atoms with E-state index in [2.05, 4.69) is 10.4 Å². The molecule has 0 radical (unpaired) electrons. The zero-order valence-corrected chi connectivity index (χ0v) is 9.43. The number of hydrogen-bond donors (Lipinski definition) is 2. The van der Waals surface area contributed by atoms with E-state index < -0.39 is 5.97 Å². The lowest BCUT2D eigenvalue weighted by Gasteiger charge is -2.29. The van der Waals surface area contributed by atoms with Crippen molar-refractivity contribution < 1.29 is 14.6 Å². The van der Waals surface area contributed by atoms with Gasteiger partial charge < -0.3 is 15.2 Å². The zero-order valence-electron chi connectivity index (χ0n) is 9.43. The molecule has 1 saturated heterocycles. The standard InChI is InChI=1S/C11H15N3O3/c15-11(16)7-6-10-12-4-3-8(14(10)13-7)9-2-1-5-17-9/h6,8-9,12H,1-5H2,(H,15,16). The average molecular weight is 237 g/mol. The Balaban J connectivity index is 1.92. The van der Waals surface area contributed by atoms with Crippen molar-refractivity contribution in [1.29, 1.82) is 0 Å². The number of rotatable bonds is 2. The number of hydrogen-bond acceptors (Lipinski definition) is 4. The third-order valence-electron chi connectivity index (χ3n) is 3.41. The lowest BCUT2D eigenvalue weighted by Crippen LogP contribution is -2.31. The van der Waals surface area contributed by atoms with Gasteiger partial charge in [-0.3, -0.25) is 0 Å². The van der Waals surface area contributed by atoms with Crippen LogP contribution in [-0.4, -0.2) is 40.1 Å². The molecule has 1 fully saturated rings. The van der Waals surface area contributed by atoms with E-state index in [1.165, 1.54) is 0 Å². The molecule has 1 aromatic heterocycles. The number of aromatic carboxylic acids is 1. The molecular formula is C11H15N3O3. The molecule has 17 heavy (non-hydrogen) atoms. The Morgan fingerprint density at radius 3 is 3.18 bits per heavy atom. The van der Waals surface area contributed by atoms with E-state index in [0.29, 0.717) is 0 Å². The van der Waals surface area contributed by atoms with Crippen LogP contribution in [0.5, 0.6) is 0 Å². The number of ether oxygens (including phenoxy) is 1. The predicted molar refractivity (Wildman–Crippen MR) is 60.3 cm³/mol. The largest absolute Gasteiger partial charge is 0.476 e. The highest BCUT2D eigenvalue weighted by Gasteiger charge is 2.32. The van der Waals surface area contributed by atoms with Gasteiger partial charge in [0.2, 0.25) is 0 Å². The van der Waals surface area contributed by atoms with Crippen molar-refractivity contribution in [2.45, 2.75) is 31.4 Å². The Hall–Kier alpha value is -1.56. The SMILES string of the molecule is O=C(O)c1cc2n(n1)C(C1CCCO1)CCN2. The van der Waals surface area contributed by atoms with Crippen LogP contribution >= 0.6 is 0 Å². The van der Waals surface area contributed by atoms with Gasteiger partial charge in [0.25, 0.3) is 0 Å². The molecule has 0 aliphatic carbocycles. The minimum absolute atomic E-state index is 0.0948. The Morgan fingerprint density at radius 2 is 2.47 bits per heavy atom. The molecule has 2 N–H and O–H groups in total. The van der Waals surface area contributed by atoms with E-state index >= 15 is 0 Å². The molecule has 2 aliphatic rings. The van der Waals surface area contributed by atoms with Crippen LogP contribution in [0.15, 0.2) is 6.07 Å². The van der Waals surface area contributed by atoms with E-state index in [9.17, 15) is 4.79 Å². The number of carboxylic acid groups (broad SMARTS) is 1. The van der Waals surface area contributed by atoms with Crippen LogP contribution < -0.4 is 5.32 Å². The molecule has 6 nitrogen and oxygen atoms in total. The fourth-order valence-corrected chi connectivity index (χ4v) is 2.60. The first-order valence-electron chi connectivity index (χ1n) is 5.94. The Kier molecular flexibility index (Phi) is 2.51. The fourth-order valence-electron chi connectivity index (χ4n) is 2.60. The second-order valence-corrected chi connectivity index (χ2v) is 4.50. The quantitative estimate of drug-likeness (QED) is 0.806. The topological polar surface area (TPSA) is 76.4 Å². The number of nitrogens with one attached hydrogen (secondary N) is 1. The number of carboxylic acids is 1. The van der Waals surface area contributed by atoms with Crippen LogP contribution in [-0.2, 0) is 4.74 Å². The van der Waals surface area contributed by atoms with Crippen molar-refractivity contribution in [3.8, 4) is 0 Å². The summed E-state index contributed by atoms with van der Waals surface area (Å²) < 4.78 is 7.46. The smallest absolute Gasteiger partial charge is 0.356 e. The maximum Gasteiger partial charge on any atom is 0.356 e. The Bertz CT molecular complexity index is 437. The summed E-state index contributed by atoms with van der Waals surface area (Å²) in [6.45, 7) is 1.65. The molecule has 3 rings (SSSR count). The van der Waals surface area contributed by atoms with Crippen molar-refractivity contribution in [2.75, 3.05) is 18.5 Å². The highest BCUT2D eigenvalue weighted by Crippen LogP contribution is 2.32. The zero-order chi connectivity index (χ0) is 11.8. The van der Waals surface area contributed by atoms with Crippen molar-refractivity contribution >= 4 is 11.8 Å². The molecule has 6 heteroatoms. The molecule has 0 saturated carbocycles. The van der Waals surface area contributed by atoms with Gasteiger partial charge in [0.1, 0.15) is 5.82 Å². The second-order valence-electron chi connectivity index (χ2n) is 4.50. The fraction of sp³-hybridized carbons (Fsp3) is 0.636. The van der Waals surface area contributed by atoms with Gasteiger partial charge in [-0.05, 0) is 19.3 Å². The minimum Gasteiger partial charge on any atom is -0.476 e. The summed E-state index contributed by atoms with van der Waals surface area (Å²) in [5.74, 6) is -0.200. The van der Waals surface area contributed by atoms with Crippen LogP contribution in [0.1, 0.15) is 35.8 Å². The van der Waals surface area contributed by atoms with E-state index in [1.54, 1.807) is 10.7 Å². The van der Waals surface area contributed by atoms with Crippen LogP contribution in [0.25, 0.3) is 0 Å². The van der Waals surface area contributed by atoms with Crippen molar-refractivity contribution in [1.82, 2.24) is 9.78 Å².